The third-order valence-electron chi connectivity index (χ3n) is 3.59. The molecule has 0 bridgehead atoms. The molecule has 0 atom stereocenters. The molecule has 0 fully saturated rings. The number of halogens is 2. The summed E-state index contributed by atoms with van der Waals surface area (Å²) in [6, 6.07) is 20.9. The first-order valence-corrected chi connectivity index (χ1v) is 8.93. The maximum atomic E-state index is 12.4. The van der Waals surface area contributed by atoms with Gasteiger partial charge in [0.15, 0.2) is 0 Å². The largest absolute Gasteiger partial charge is 0.322 e. The molecule has 0 saturated heterocycles. The summed E-state index contributed by atoms with van der Waals surface area (Å²) in [4.78, 5) is 24.8. The van der Waals surface area contributed by atoms with Gasteiger partial charge in [0.2, 0.25) is 0 Å². The Morgan fingerprint density at radius 2 is 1.46 bits per heavy atom. The van der Waals surface area contributed by atoms with E-state index in [2.05, 4.69) is 26.6 Å². The molecule has 3 rings (SSSR count). The van der Waals surface area contributed by atoms with Crippen LogP contribution >= 0.6 is 27.5 Å². The minimum atomic E-state index is -0.350. The fourth-order valence-corrected chi connectivity index (χ4v) is 2.90. The van der Waals surface area contributed by atoms with Gasteiger partial charge in [-0.15, -0.1) is 0 Å². The highest BCUT2D eigenvalue weighted by atomic mass is 79.9. The Bertz CT molecular complexity index is 961. The second-order valence-electron chi connectivity index (χ2n) is 5.48. The summed E-state index contributed by atoms with van der Waals surface area (Å²) in [7, 11) is 0. The lowest BCUT2D eigenvalue weighted by atomic mass is 10.1. The van der Waals surface area contributed by atoms with Crippen LogP contribution in [0.4, 0.5) is 11.4 Å². The normalized spacial score (nSPS) is 10.2. The molecule has 0 unspecified atom stereocenters. The number of carbonyl (C=O) groups is 2. The number of carbonyl (C=O) groups excluding carboxylic acids is 2. The van der Waals surface area contributed by atoms with Crippen LogP contribution in [-0.4, -0.2) is 11.8 Å². The van der Waals surface area contributed by atoms with E-state index in [9.17, 15) is 9.59 Å². The second-order valence-corrected chi connectivity index (χ2v) is 6.80. The highest BCUT2D eigenvalue weighted by molar-refractivity contribution is 9.10. The van der Waals surface area contributed by atoms with Crippen LogP contribution in [0.2, 0.25) is 5.02 Å². The Balaban J connectivity index is 1.76. The van der Waals surface area contributed by atoms with E-state index in [0.29, 0.717) is 27.5 Å². The summed E-state index contributed by atoms with van der Waals surface area (Å²) in [6.45, 7) is 0. The van der Waals surface area contributed by atoms with Crippen molar-refractivity contribution in [1.29, 1.82) is 0 Å². The van der Waals surface area contributed by atoms with Crippen LogP contribution in [0.1, 0.15) is 20.7 Å². The van der Waals surface area contributed by atoms with Crippen LogP contribution in [0.3, 0.4) is 0 Å². The van der Waals surface area contributed by atoms with Crippen LogP contribution < -0.4 is 10.6 Å². The average Bonchev–Trinajstić information content (AvgIpc) is 2.64. The van der Waals surface area contributed by atoms with Crippen molar-refractivity contribution in [1.82, 2.24) is 0 Å². The molecular formula is C20H14BrClN2O2. The van der Waals surface area contributed by atoms with E-state index in [4.69, 9.17) is 11.6 Å². The SMILES string of the molecule is O=C(Nc1ccccc1)c1cccc(NC(=O)c2cc(Br)ccc2Cl)c1. The summed E-state index contributed by atoms with van der Waals surface area (Å²) in [6.07, 6.45) is 0. The van der Waals surface area contributed by atoms with Crippen molar-refractivity contribution in [3.05, 3.63) is 93.4 Å². The molecule has 4 nitrogen and oxygen atoms in total. The van der Waals surface area contributed by atoms with E-state index in [1.807, 2.05) is 18.2 Å². The second kappa shape index (κ2) is 8.17. The quantitative estimate of drug-likeness (QED) is 0.566. The first-order chi connectivity index (χ1) is 12.5. The van der Waals surface area contributed by atoms with Gasteiger partial charge in [0.1, 0.15) is 0 Å². The number of hydrogen-bond donors (Lipinski definition) is 2. The molecule has 3 aromatic carbocycles. The Morgan fingerprint density at radius 3 is 2.23 bits per heavy atom. The first-order valence-electron chi connectivity index (χ1n) is 7.76. The number of hydrogen-bond acceptors (Lipinski definition) is 2. The average molecular weight is 430 g/mol. The monoisotopic (exact) mass is 428 g/mol. The van der Waals surface area contributed by atoms with Gasteiger partial charge in [-0.3, -0.25) is 9.59 Å². The Labute approximate surface area is 164 Å². The highest BCUT2D eigenvalue weighted by Crippen LogP contribution is 2.22. The van der Waals surface area contributed by atoms with Crippen LogP contribution in [0.25, 0.3) is 0 Å². The highest BCUT2D eigenvalue weighted by Gasteiger charge is 2.13. The van der Waals surface area contributed by atoms with E-state index in [-0.39, 0.29) is 11.8 Å². The van der Waals surface area contributed by atoms with E-state index in [1.165, 1.54) is 0 Å². The zero-order chi connectivity index (χ0) is 18.5. The molecule has 6 heteroatoms. The van der Waals surface area contributed by atoms with Crippen LogP contribution in [-0.2, 0) is 0 Å². The maximum Gasteiger partial charge on any atom is 0.257 e. The molecule has 130 valence electrons. The van der Waals surface area contributed by atoms with E-state index >= 15 is 0 Å². The number of anilines is 2. The summed E-state index contributed by atoms with van der Waals surface area (Å²) < 4.78 is 0.753. The fourth-order valence-electron chi connectivity index (χ4n) is 2.33. The van der Waals surface area contributed by atoms with Crippen LogP contribution in [0, 0.1) is 0 Å². The minimum absolute atomic E-state index is 0.257. The molecule has 0 radical (unpaired) electrons. The molecule has 3 aromatic rings. The van der Waals surface area contributed by atoms with E-state index in [1.54, 1.807) is 54.6 Å². The standard InChI is InChI=1S/C20H14BrClN2O2/c21-14-9-10-18(22)17(12-14)20(26)24-16-8-4-5-13(11-16)19(25)23-15-6-2-1-3-7-15/h1-12H,(H,23,25)(H,24,26). The first kappa shape index (κ1) is 18.2. The predicted molar refractivity (Wildman–Crippen MR) is 108 cm³/mol. The van der Waals surface area contributed by atoms with Gasteiger partial charge in [-0.2, -0.15) is 0 Å². The van der Waals surface area contributed by atoms with Crippen molar-refractivity contribution in [3.63, 3.8) is 0 Å². The number of para-hydroxylation sites is 1. The van der Waals surface area contributed by atoms with Gasteiger partial charge >= 0.3 is 0 Å². The van der Waals surface area contributed by atoms with Gasteiger partial charge in [0, 0.05) is 21.4 Å². The Kier molecular flexibility index (Phi) is 5.71. The summed E-state index contributed by atoms with van der Waals surface area (Å²) in [5.41, 5.74) is 1.99. The summed E-state index contributed by atoms with van der Waals surface area (Å²) in [5, 5.41) is 5.92. The van der Waals surface area contributed by atoms with Gasteiger partial charge in [0.25, 0.3) is 11.8 Å². The van der Waals surface area contributed by atoms with E-state index < -0.39 is 0 Å². The van der Waals surface area contributed by atoms with Crippen molar-refractivity contribution in [2.24, 2.45) is 0 Å². The fraction of sp³-hybridized carbons (Fsp3) is 0. The molecule has 26 heavy (non-hydrogen) atoms. The van der Waals surface area contributed by atoms with Gasteiger partial charge in [-0.1, -0.05) is 51.8 Å². The number of rotatable bonds is 4. The maximum absolute atomic E-state index is 12.4. The number of benzene rings is 3. The molecule has 0 aliphatic rings. The molecule has 0 heterocycles. The van der Waals surface area contributed by atoms with Crippen molar-refractivity contribution >= 4 is 50.7 Å². The lowest BCUT2D eigenvalue weighted by Gasteiger charge is -2.09. The molecular weight excluding hydrogens is 416 g/mol. The Hall–Kier alpha value is -2.63. The van der Waals surface area contributed by atoms with Gasteiger partial charge in [-0.25, -0.2) is 0 Å². The van der Waals surface area contributed by atoms with Crippen molar-refractivity contribution in [2.45, 2.75) is 0 Å². The topological polar surface area (TPSA) is 58.2 Å². The molecule has 0 spiro atoms. The summed E-state index contributed by atoms with van der Waals surface area (Å²) in [5.74, 6) is -0.607. The van der Waals surface area contributed by atoms with Gasteiger partial charge < -0.3 is 10.6 Å². The zero-order valence-electron chi connectivity index (χ0n) is 13.5. The number of amides is 2. The molecule has 0 saturated carbocycles. The van der Waals surface area contributed by atoms with Gasteiger partial charge in [-0.05, 0) is 48.5 Å². The lowest BCUT2D eigenvalue weighted by molar-refractivity contribution is 0.101. The molecule has 2 amide bonds. The van der Waals surface area contributed by atoms with Crippen molar-refractivity contribution < 1.29 is 9.59 Å². The number of nitrogens with one attached hydrogen (secondary N) is 2. The smallest absolute Gasteiger partial charge is 0.257 e. The molecule has 0 aromatic heterocycles. The summed E-state index contributed by atoms with van der Waals surface area (Å²) >= 11 is 9.40. The van der Waals surface area contributed by atoms with Crippen LogP contribution in [0.15, 0.2) is 77.3 Å². The molecule has 0 aliphatic heterocycles. The van der Waals surface area contributed by atoms with Crippen LogP contribution in [0.5, 0.6) is 0 Å². The van der Waals surface area contributed by atoms with Gasteiger partial charge in [0.05, 0.1) is 10.6 Å². The third kappa shape index (κ3) is 4.50. The lowest BCUT2D eigenvalue weighted by Crippen LogP contribution is -2.15. The van der Waals surface area contributed by atoms with E-state index in [0.717, 1.165) is 4.47 Å². The molecule has 0 aliphatic carbocycles. The third-order valence-corrected chi connectivity index (χ3v) is 4.41. The van der Waals surface area contributed by atoms with Crippen molar-refractivity contribution in [2.75, 3.05) is 10.6 Å². The molecule has 2 N–H and O–H groups in total. The minimum Gasteiger partial charge on any atom is -0.322 e. The zero-order valence-corrected chi connectivity index (χ0v) is 15.8. The predicted octanol–water partition coefficient (Wildman–Crippen LogP) is 5.61. The van der Waals surface area contributed by atoms with Crippen molar-refractivity contribution in [3.8, 4) is 0 Å². The Morgan fingerprint density at radius 1 is 0.769 bits per heavy atom.